The van der Waals surface area contributed by atoms with Crippen molar-refractivity contribution in [3.8, 4) is 0 Å². The number of aromatic nitrogens is 2. The number of β-amino-alcohol motifs (C(OH)–C–C–N with tert-alkyl or cyclic N) is 1. The van der Waals surface area contributed by atoms with Crippen molar-refractivity contribution in [1.29, 1.82) is 0 Å². The van der Waals surface area contributed by atoms with Gasteiger partial charge < -0.3 is 19.9 Å². The van der Waals surface area contributed by atoms with Crippen molar-refractivity contribution in [1.82, 2.24) is 19.8 Å². The van der Waals surface area contributed by atoms with Crippen LogP contribution in [0.5, 0.6) is 0 Å². The van der Waals surface area contributed by atoms with Crippen molar-refractivity contribution in [2.75, 3.05) is 26.2 Å². The molecule has 1 atom stereocenters. The predicted octanol–water partition coefficient (Wildman–Crippen LogP) is 1.51. The number of benzene rings is 1. The van der Waals surface area contributed by atoms with Crippen LogP contribution in [0.3, 0.4) is 0 Å². The summed E-state index contributed by atoms with van der Waals surface area (Å²) in [7, 11) is 0. The molecular weight excluding hydrogens is 314 g/mol. The summed E-state index contributed by atoms with van der Waals surface area (Å²) >= 11 is 0. The Bertz CT molecular complexity index is 682. The molecule has 0 aliphatic carbocycles. The van der Waals surface area contributed by atoms with Crippen LogP contribution >= 0.6 is 0 Å². The average molecular weight is 341 g/mol. The smallest absolute Gasteiger partial charge is 0.194 e. The van der Waals surface area contributed by atoms with Gasteiger partial charge in [-0.25, -0.2) is 4.98 Å². The Hall–Kier alpha value is -2.34. The van der Waals surface area contributed by atoms with E-state index in [2.05, 4.69) is 51.0 Å². The summed E-state index contributed by atoms with van der Waals surface area (Å²) in [6, 6.07) is 10.4. The van der Waals surface area contributed by atoms with Gasteiger partial charge in [0.1, 0.15) is 5.82 Å². The first-order chi connectivity index (χ1) is 12.3. The van der Waals surface area contributed by atoms with Crippen LogP contribution in [0.2, 0.25) is 0 Å². The second-order valence-electron chi connectivity index (χ2n) is 6.33. The molecule has 0 amide bonds. The third-order valence-corrected chi connectivity index (χ3v) is 4.39. The van der Waals surface area contributed by atoms with E-state index >= 15 is 0 Å². The van der Waals surface area contributed by atoms with Gasteiger partial charge >= 0.3 is 0 Å². The van der Waals surface area contributed by atoms with E-state index in [1.165, 1.54) is 5.56 Å². The molecule has 134 valence electrons. The Balaban J connectivity index is 1.60. The molecule has 1 fully saturated rings. The first-order valence-corrected chi connectivity index (χ1v) is 9.01. The molecule has 3 rings (SSSR count). The van der Waals surface area contributed by atoms with Gasteiger partial charge in [-0.15, -0.1) is 0 Å². The number of hydrogen-bond acceptors (Lipinski definition) is 3. The monoisotopic (exact) mass is 341 g/mol. The molecule has 1 aromatic heterocycles. The molecule has 6 nitrogen and oxygen atoms in total. The van der Waals surface area contributed by atoms with Gasteiger partial charge in [-0.2, -0.15) is 0 Å². The fourth-order valence-corrected chi connectivity index (χ4v) is 3.11. The number of hydrogen-bond donors (Lipinski definition) is 2. The zero-order chi connectivity index (χ0) is 17.5. The number of imidazole rings is 1. The van der Waals surface area contributed by atoms with Crippen LogP contribution in [0.25, 0.3) is 0 Å². The van der Waals surface area contributed by atoms with Gasteiger partial charge in [-0.3, -0.25) is 4.99 Å². The van der Waals surface area contributed by atoms with Gasteiger partial charge in [0.2, 0.25) is 0 Å². The molecule has 0 saturated carbocycles. The zero-order valence-corrected chi connectivity index (χ0v) is 14.8. The molecule has 2 aromatic rings. The maximum Gasteiger partial charge on any atom is 0.194 e. The van der Waals surface area contributed by atoms with Crippen LogP contribution in [-0.4, -0.2) is 57.8 Å². The van der Waals surface area contributed by atoms with E-state index < -0.39 is 0 Å². The van der Waals surface area contributed by atoms with Crippen LogP contribution in [0.1, 0.15) is 24.7 Å². The van der Waals surface area contributed by atoms with Crippen LogP contribution in [0.4, 0.5) is 0 Å². The molecule has 0 unspecified atom stereocenters. The lowest BCUT2D eigenvalue weighted by Gasteiger charge is -2.20. The highest BCUT2D eigenvalue weighted by molar-refractivity contribution is 5.80. The summed E-state index contributed by atoms with van der Waals surface area (Å²) in [4.78, 5) is 11.3. The van der Waals surface area contributed by atoms with Crippen molar-refractivity contribution < 1.29 is 5.11 Å². The lowest BCUT2D eigenvalue weighted by atomic mass is 10.2. The van der Waals surface area contributed by atoms with E-state index in [-0.39, 0.29) is 6.10 Å². The minimum Gasteiger partial charge on any atom is -0.391 e. The lowest BCUT2D eigenvalue weighted by molar-refractivity contribution is 0.188. The van der Waals surface area contributed by atoms with Crippen LogP contribution < -0.4 is 5.32 Å². The van der Waals surface area contributed by atoms with Crippen LogP contribution in [0, 0.1) is 0 Å². The van der Waals surface area contributed by atoms with E-state index in [0.717, 1.165) is 44.3 Å². The predicted molar refractivity (Wildman–Crippen MR) is 99.7 cm³/mol. The van der Waals surface area contributed by atoms with E-state index in [0.29, 0.717) is 13.1 Å². The summed E-state index contributed by atoms with van der Waals surface area (Å²) in [5, 5.41) is 13.0. The third-order valence-electron chi connectivity index (χ3n) is 4.39. The minimum atomic E-state index is -0.242. The number of likely N-dealkylation sites (tertiary alicyclic amines) is 1. The van der Waals surface area contributed by atoms with Crippen molar-refractivity contribution in [2.24, 2.45) is 4.99 Å². The van der Waals surface area contributed by atoms with E-state index in [4.69, 9.17) is 4.99 Å². The zero-order valence-electron chi connectivity index (χ0n) is 14.8. The van der Waals surface area contributed by atoms with E-state index in [1.807, 2.05) is 18.5 Å². The molecule has 0 radical (unpaired) electrons. The van der Waals surface area contributed by atoms with Gasteiger partial charge in [0.15, 0.2) is 5.96 Å². The fourth-order valence-electron chi connectivity index (χ4n) is 3.11. The average Bonchev–Trinajstić information content (AvgIpc) is 3.24. The van der Waals surface area contributed by atoms with Crippen molar-refractivity contribution in [3.05, 3.63) is 54.1 Å². The maximum atomic E-state index is 9.73. The Kier molecular flexibility index (Phi) is 6.06. The highest BCUT2D eigenvalue weighted by Crippen LogP contribution is 2.09. The van der Waals surface area contributed by atoms with Crippen LogP contribution in [-0.2, 0) is 13.0 Å². The van der Waals surface area contributed by atoms with Gasteiger partial charge in [0.05, 0.1) is 6.10 Å². The topological polar surface area (TPSA) is 65.7 Å². The van der Waals surface area contributed by atoms with Crippen molar-refractivity contribution in [2.45, 2.75) is 32.4 Å². The van der Waals surface area contributed by atoms with E-state index in [1.54, 1.807) is 0 Å². The van der Waals surface area contributed by atoms with Crippen LogP contribution in [0.15, 0.2) is 47.7 Å². The third kappa shape index (κ3) is 4.82. The molecule has 0 spiro atoms. The van der Waals surface area contributed by atoms with Gasteiger partial charge in [-0.1, -0.05) is 30.3 Å². The maximum absolute atomic E-state index is 9.73. The Morgan fingerprint density at radius 1 is 1.36 bits per heavy atom. The molecular formula is C19H27N5O. The van der Waals surface area contributed by atoms with Gasteiger partial charge in [-0.05, 0) is 18.9 Å². The van der Waals surface area contributed by atoms with E-state index in [9.17, 15) is 5.11 Å². The molecule has 2 heterocycles. The number of aliphatic hydroxyl groups is 1. The summed E-state index contributed by atoms with van der Waals surface area (Å²) < 4.78 is 2.18. The van der Waals surface area contributed by atoms with Crippen molar-refractivity contribution >= 4 is 5.96 Å². The first-order valence-electron chi connectivity index (χ1n) is 9.01. The minimum absolute atomic E-state index is 0.242. The number of aliphatic hydroxyl groups excluding tert-OH is 1. The fraction of sp³-hybridized carbons (Fsp3) is 0.474. The largest absolute Gasteiger partial charge is 0.391 e. The molecule has 1 saturated heterocycles. The number of aliphatic imine (C=N–C) groups is 1. The first kappa shape index (κ1) is 17.5. The molecule has 0 bridgehead atoms. The summed E-state index contributed by atoms with van der Waals surface area (Å²) in [6.45, 7) is 5.92. The molecule has 1 aromatic carbocycles. The van der Waals surface area contributed by atoms with Gasteiger partial charge in [0.25, 0.3) is 0 Å². The number of nitrogens with zero attached hydrogens (tertiary/aromatic N) is 4. The molecule has 1 aliphatic heterocycles. The Morgan fingerprint density at radius 3 is 2.92 bits per heavy atom. The summed E-state index contributed by atoms with van der Waals surface area (Å²) in [6.07, 6.45) is 5.24. The molecule has 6 heteroatoms. The number of nitrogens with one attached hydrogen (secondary N) is 1. The Labute approximate surface area is 149 Å². The quantitative estimate of drug-likeness (QED) is 0.617. The normalized spacial score (nSPS) is 17.9. The molecule has 2 N–H and O–H groups in total. The van der Waals surface area contributed by atoms with Gasteiger partial charge in [0, 0.05) is 51.5 Å². The lowest BCUT2D eigenvalue weighted by Crippen LogP contribution is -2.40. The second-order valence-corrected chi connectivity index (χ2v) is 6.33. The standard InChI is InChI=1S/C19H27N5O/c1-2-20-19(24-12-9-17(25)15-24)22-10-8-18-21-11-13-23(18)14-16-6-4-3-5-7-16/h3-7,11,13,17,25H,2,8-10,12,14-15H2,1H3,(H,20,22)/t17-/m1/s1. The number of rotatable bonds is 6. The summed E-state index contributed by atoms with van der Waals surface area (Å²) in [5.74, 6) is 1.94. The second kappa shape index (κ2) is 8.67. The molecule has 25 heavy (non-hydrogen) atoms. The highest BCUT2D eigenvalue weighted by Gasteiger charge is 2.22. The summed E-state index contributed by atoms with van der Waals surface area (Å²) in [5.41, 5.74) is 1.27. The SMILES string of the molecule is CCNC(=NCCc1nccn1Cc1ccccc1)N1CC[C@@H](O)C1. The highest BCUT2D eigenvalue weighted by atomic mass is 16.3. The van der Waals surface area contributed by atoms with Crippen molar-refractivity contribution in [3.63, 3.8) is 0 Å². The molecule has 1 aliphatic rings. The Morgan fingerprint density at radius 2 is 2.20 bits per heavy atom. The number of guanidine groups is 1.